The Morgan fingerprint density at radius 2 is 1.65 bits per heavy atom. The van der Waals surface area contributed by atoms with Crippen LogP contribution in [0.15, 0.2) is 41.5 Å². The molecule has 0 N–H and O–H groups in total. The van der Waals surface area contributed by atoms with Crippen LogP contribution in [0.3, 0.4) is 0 Å². The molecule has 1 aromatic heterocycles. The maximum Gasteiger partial charge on any atom is 0.155 e. The Labute approximate surface area is 160 Å². The average Bonchev–Trinajstić information content (AvgIpc) is 3.17. The number of ketones is 1. The van der Waals surface area contributed by atoms with Gasteiger partial charge in [-0.1, -0.05) is 12.2 Å². The molecule has 1 fully saturated rings. The van der Waals surface area contributed by atoms with Crippen LogP contribution in [-0.4, -0.2) is 18.9 Å². The Morgan fingerprint density at radius 3 is 2.50 bits per heavy atom. The summed E-state index contributed by atoms with van der Waals surface area (Å²) in [6, 6.07) is 4.65. The Bertz CT molecular complexity index is 806. The molecular weight excluding hydrogens is 338 g/mol. The maximum atomic E-state index is 11.8. The van der Waals surface area contributed by atoms with Crippen LogP contribution < -0.4 is 4.90 Å². The molecular formula is C23H27NOS. The summed E-state index contributed by atoms with van der Waals surface area (Å²) in [6.07, 6.45) is 16.3. The molecule has 3 aliphatic carbocycles. The van der Waals surface area contributed by atoms with Crippen molar-refractivity contribution in [3.8, 4) is 0 Å². The van der Waals surface area contributed by atoms with E-state index in [-0.39, 0.29) is 0 Å². The largest absolute Gasteiger partial charge is 0.363 e. The molecule has 0 bridgehead atoms. The third-order valence-electron chi connectivity index (χ3n) is 6.59. The molecule has 4 aliphatic rings. The fourth-order valence-electron chi connectivity index (χ4n) is 5.09. The molecule has 26 heavy (non-hydrogen) atoms. The zero-order chi connectivity index (χ0) is 17.5. The first-order valence-electron chi connectivity index (χ1n) is 10.3. The Balaban J connectivity index is 1.41. The van der Waals surface area contributed by atoms with E-state index in [1.807, 2.05) is 17.4 Å². The van der Waals surface area contributed by atoms with Gasteiger partial charge in [-0.2, -0.15) is 0 Å². The summed E-state index contributed by atoms with van der Waals surface area (Å²) >= 11 is 1.97. The zero-order valence-corrected chi connectivity index (χ0v) is 16.2. The van der Waals surface area contributed by atoms with Gasteiger partial charge in [-0.05, 0) is 91.7 Å². The van der Waals surface area contributed by atoms with Gasteiger partial charge in [-0.3, -0.25) is 4.79 Å². The Morgan fingerprint density at radius 1 is 0.885 bits per heavy atom. The Hall–Kier alpha value is -1.61. The lowest BCUT2D eigenvalue weighted by atomic mass is 9.70. The molecule has 2 nitrogen and oxygen atoms in total. The van der Waals surface area contributed by atoms with Crippen LogP contribution in [0, 0.1) is 11.8 Å². The van der Waals surface area contributed by atoms with E-state index in [2.05, 4.69) is 29.2 Å². The summed E-state index contributed by atoms with van der Waals surface area (Å²) < 4.78 is 0. The van der Waals surface area contributed by atoms with Crippen molar-refractivity contribution >= 4 is 27.7 Å². The predicted molar refractivity (Wildman–Crippen MR) is 110 cm³/mol. The maximum absolute atomic E-state index is 11.8. The molecule has 136 valence electrons. The fourth-order valence-corrected chi connectivity index (χ4v) is 6.19. The van der Waals surface area contributed by atoms with Crippen LogP contribution in [0.2, 0.25) is 0 Å². The standard InChI is InChI=1S/C23H27NOS/c25-21-7-6-17-12-16-4-5-18(13-19(16)14-20(17)15-21)22-8-9-23(26-22)24-10-2-1-3-11-24/h8-9,13-17H,1-7,10-12H2. The summed E-state index contributed by atoms with van der Waals surface area (Å²) in [4.78, 5) is 15.8. The van der Waals surface area contributed by atoms with Gasteiger partial charge in [-0.15, -0.1) is 11.3 Å². The molecule has 0 saturated carbocycles. The summed E-state index contributed by atoms with van der Waals surface area (Å²) in [5, 5.41) is 1.45. The molecule has 0 radical (unpaired) electrons. The smallest absolute Gasteiger partial charge is 0.155 e. The third-order valence-corrected chi connectivity index (χ3v) is 7.81. The topological polar surface area (TPSA) is 20.3 Å². The minimum Gasteiger partial charge on any atom is -0.363 e. The number of allylic oxidation sites excluding steroid dienone is 6. The molecule has 0 aromatic carbocycles. The van der Waals surface area contributed by atoms with Crippen LogP contribution >= 0.6 is 11.3 Å². The number of piperidine rings is 1. The van der Waals surface area contributed by atoms with Gasteiger partial charge in [0.15, 0.2) is 5.78 Å². The van der Waals surface area contributed by atoms with Crippen molar-refractivity contribution in [3.63, 3.8) is 0 Å². The minimum absolute atomic E-state index is 0.316. The van der Waals surface area contributed by atoms with Crippen LogP contribution in [0.25, 0.3) is 5.57 Å². The highest BCUT2D eigenvalue weighted by molar-refractivity contribution is 7.17. The van der Waals surface area contributed by atoms with E-state index in [1.165, 1.54) is 78.2 Å². The molecule has 5 rings (SSSR count). The van der Waals surface area contributed by atoms with Crippen molar-refractivity contribution in [2.24, 2.45) is 11.8 Å². The van der Waals surface area contributed by atoms with Gasteiger partial charge in [0.25, 0.3) is 0 Å². The van der Waals surface area contributed by atoms with Crippen molar-refractivity contribution in [2.75, 3.05) is 18.0 Å². The lowest BCUT2D eigenvalue weighted by molar-refractivity contribution is -0.115. The number of nitrogens with zero attached hydrogens (tertiary/aromatic N) is 1. The van der Waals surface area contributed by atoms with E-state index < -0.39 is 0 Å². The molecule has 1 aliphatic heterocycles. The number of carbonyl (C=O) groups excluding carboxylic acids is 1. The molecule has 2 unspecified atom stereocenters. The first-order chi connectivity index (χ1) is 12.8. The van der Waals surface area contributed by atoms with E-state index in [9.17, 15) is 4.79 Å². The number of rotatable bonds is 2. The molecule has 0 amide bonds. The van der Waals surface area contributed by atoms with E-state index in [4.69, 9.17) is 0 Å². The van der Waals surface area contributed by atoms with Crippen LogP contribution in [0.1, 0.15) is 56.2 Å². The third kappa shape index (κ3) is 3.11. The lowest BCUT2D eigenvalue weighted by Crippen LogP contribution is -2.28. The quantitative estimate of drug-likeness (QED) is 0.663. The van der Waals surface area contributed by atoms with Gasteiger partial charge >= 0.3 is 0 Å². The number of hydrogen-bond donors (Lipinski definition) is 0. The Kier molecular flexibility index (Phi) is 4.36. The van der Waals surface area contributed by atoms with Gasteiger partial charge in [0, 0.05) is 24.4 Å². The number of anilines is 1. The van der Waals surface area contributed by atoms with Gasteiger partial charge in [0.05, 0.1) is 5.00 Å². The summed E-state index contributed by atoms with van der Waals surface area (Å²) in [5.41, 5.74) is 4.27. The van der Waals surface area contributed by atoms with E-state index in [1.54, 1.807) is 0 Å². The molecule has 0 spiro atoms. The van der Waals surface area contributed by atoms with Crippen LogP contribution in [0.5, 0.6) is 0 Å². The monoisotopic (exact) mass is 365 g/mol. The lowest BCUT2D eigenvalue weighted by Gasteiger charge is -2.35. The van der Waals surface area contributed by atoms with Crippen molar-refractivity contribution < 1.29 is 4.79 Å². The molecule has 2 atom stereocenters. The number of carbonyl (C=O) groups is 1. The summed E-state index contributed by atoms with van der Waals surface area (Å²) in [7, 11) is 0. The highest BCUT2D eigenvalue weighted by atomic mass is 32.1. The summed E-state index contributed by atoms with van der Waals surface area (Å²) in [6.45, 7) is 2.44. The molecule has 1 saturated heterocycles. The molecule has 3 heteroatoms. The second-order valence-corrected chi connectivity index (χ2v) is 9.38. The van der Waals surface area contributed by atoms with Gasteiger partial charge in [-0.25, -0.2) is 0 Å². The van der Waals surface area contributed by atoms with E-state index >= 15 is 0 Å². The van der Waals surface area contributed by atoms with Gasteiger partial charge in [0.2, 0.25) is 0 Å². The predicted octanol–water partition coefficient (Wildman–Crippen LogP) is 5.77. The number of fused-ring (bicyclic) bond motifs is 2. The number of thiophene rings is 1. The average molecular weight is 366 g/mol. The van der Waals surface area contributed by atoms with Gasteiger partial charge < -0.3 is 4.90 Å². The normalized spacial score (nSPS) is 28.7. The molecule has 2 heterocycles. The van der Waals surface area contributed by atoms with Crippen molar-refractivity contribution in [1.29, 1.82) is 0 Å². The first-order valence-corrected chi connectivity index (χ1v) is 11.1. The minimum atomic E-state index is 0.316. The van der Waals surface area contributed by atoms with Crippen molar-refractivity contribution in [1.82, 2.24) is 0 Å². The fraction of sp³-hybridized carbons (Fsp3) is 0.522. The van der Waals surface area contributed by atoms with E-state index in [0.717, 1.165) is 12.8 Å². The van der Waals surface area contributed by atoms with Crippen LogP contribution in [-0.2, 0) is 4.79 Å². The van der Waals surface area contributed by atoms with Crippen LogP contribution in [0.4, 0.5) is 5.00 Å². The highest BCUT2D eigenvalue weighted by Gasteiger charge is 2.31. The highest BCUT2D eigenvalue weighted by Crippen LogP contribution is 2.46. The van der Waals surface area contributed by atoms with Crippen molar-refractivity contribution in [3.05, 3.63) is 46.4 Å². The second-order valence-electron chi connectivity index (χ2n) is 8.32. The van der Waals surface area contributed by atoms with Gasteiger partial charge in [0.1, 0.15) is 0 Å². The van der Waals surface area contributed by atoms with E-state index in [0.29, 0.717) is 17.6 Å². The SMILES string of the molecule is O=C1C=C2C=C3C=C(c4ccc(N5CCCCC5)s4)CCC3CC2CC1. The zero-order valence-electron chi connectivity index (χ0n) is 15.4. The summed E-state index contributed by atoms with van der Waals surface area (Å²) in [5.74, 6) is 1.65. The number of hydrogen-bond acceptors (Lipinski definition) is 3. The first kappa shape index (κ1) is 16.6. The van der Waals surface area contributed by atoms with Crippen molar-refractivity contribution in [2.45, 2.75) is 51.4 Å². The molecule has 1 aromatic rings. The second kappa shape index (κ2) is 6.84.